The van der Waals surface area contributed by atoms with E-state index in [2.05, 4.69) is 38.9 Å². The Morgan fingerprint density at radius 2 is 0.690 bits per heavy atom. The van der Waals surface area contributed by atoms with Crippen LogP contribution < -0.4 is 18.9 Å². The van der Waals surface area contributed by atoms with E-state index in [0.717, 1.165) is 102 Å². The van der Waals surface area contributed by atoms with Crippen LogP contribution in [0, 0.1) is 55.4 Å². The third-order valence-electron chi connectivity index (χ3n) is 11.3. The Bertz CT molecular complexity index is 2740. The van der Waals surface area contributed by atoms with Gasteiger partial charge in [0.05, 0.1) is 0 Å². The normalized spacial score (nSPS) is 10.3. The van der Waals surface area contributed by atoms with Gasteiger partial charge in [0.15, 0.2) is 0 Å². The minimum Gasteiger partial charge on any atom is -0.508 e. The van der Waals surface area contributed by atoms with E-state index in [1.807, 2.05) is 128 Å². The number of phenols is 2. The summed E-state index contributed by atoms with van der Waals surface area (Å²) in [5.41, 5.74) is 12.8. The molecule has 0 radical (unpaired) electrons. The average Bonchev–Trinajstić information content (AvgIpc) is 3.33. The second-order valence-corrected chi connectivity index (χ2v) is 16.5. The zero-order valence-electron chi connectivity index (χ0n) is 41.1. The van der Waals surface area contributed by atoms with Crippen LogP contribution in [0.3, 0.4) is 0 Å². The molecule has 2 N–H and O–H groups in total. The quantitative estimate of drug-likeness (QED) is 0.0317. The van der Waals surface area contributed by atoms with Gasteiger partial charge < -0.3 is 29.2 Å². The molecule has 0 saturated carbocycles. The van der Waals surface area contributed by atoms with Crippen molar-refractivity contribution in [1.82, 2.24) is 0 Å². The molecule has 0 bridgehead atoms. The highest BCUT2D eigenvalue weighted by atomic mass is 32.1. The zero-order chi connectivity index (χ0) is 52.0. The summed E-state index contributed by atoms with van der Waals surface area (Å²) in [5.74, 6) is -0.0465. The summed E-state index contributed by atoms with van der Waals surface area (Å²) in [6.45, 7) is 29.1. The van der Waals surface area contributed by atoms with Gasteiger partial charge >= 0.3 is 23.9 Å². The van der Waals surface area contributed by atoms with Gasteiger partial charge in [0.25, 0.3) is 0 Å². The molecule has 0 atom stereocenters. The van der Waals surface area contributed by atoms with Gasteiger partial charge in [-0.05, 0) is 176 Å². The van der Waals surface area contributed by atoms with E-state index in [0.29, 0.717) is 23.0 Å². The van der Waals surface area contributed by atoms with Crippen molar-refractivity contribution in [3.8, 4) is 34.5 Å². The molecule has 0 unspecified atom stereocenters. The Morgan fingerprint density at radius 1 is 0.408 bits per heavy atom. The number of thiol groups is 1. The number of aryl methyl sites for hydroxylation is 8. The number of aromatic hydroxyl groups is 2. The van der Waals surface area contributed by atoms with Crippen molar-refractivity contribution < 1.29 is 48.3 Å². The van der Waals surface area contributed by atoms with E-state index >= 15 is 0 Å². The lowest BCUT2D eigenvalue weighted by Crippen LogP contribution is -2.11. The average molecular weight is 977 g/mol. The maximum atomic E-state index is 11.8. The Balaban J connectivity index is 0.000000358. The van der Waals surface area contributed by atoms with Gasteiger partial charge in [-0.2, -0.15) is 12.6 Å². The van der Waals surface area contributed by atoms with E-state index in [9.17, 15) is 29.4 Å². The number of carbonyl (C=O) groups excluding carboxylic acids is 4. The van der Waals surface area contributed by atoms with Crippen LogP contribution in [0.4, 0.5) is 0 Å². The SMILES string of the molecule is C.C=CC(=O)Oc1c(C)cc(C(c2ccc(O)cc2)c2cc(C)c(OC(=O)C=C)c(C)c2)cc1C.C=CC(=O)Oc1cc(C)c(C(c2ccc(O)cc2)c2cc(C)c(OC(=O)C=C)cc2C)cc1C.CS. The van der Waals surface area contributed by atoms with Crippen molar-refractivity contribution in [2.45, 2.75) is 74.7 Å². The fourth-order valence-electron chi connectivity index (χ4n) is 8.11. The second-order valence-electron chi connectivity index (χ2n) is 16.5. The first kappa shape index (κ1) is 57.4. The second kappa shape index (κ2) is 26.2. The van der Waals surface area contributed by atoms with Gasteiger partial charge in [0, 0.05) is 36.1 Å². The number of benzene rings is 6. The van der Waals surface area contributed by atoms with Gasteiger partial charge in [0.2, 0.25) is 0 Å². The molecular formula is C60H64O10S. The predicted octanol–water partition coefficient (Wildman–Crippen LogP) is 13.2. The highest BCUT2D eigenvalue weighted by molar-refractivity contribution is 7.79. The van der Waals surface area contributed by atoms with Crippen molar-refractivity contribution in [2.24, 2.45) is 0 Å². The number of ether oxygens (including phenoxy) is 4. The van der Waals surface area contributed by atoms with Crippen molar-refractivity contribution in [3.63, 3.8) is 0 Å². The Hall–Kier alpha value is -7.89. The summed E-state index contributed by atoms with van der Waals surface area (Å²) in [6.07, 6.45) is 6.24. The third kappa shape index (κ3) is 14.6. The molecule has 0 aliphatic carbocycles. The highest BCUT2D eigenvalue weighted by Crippen LogP contribution is 2.42. The van der Waals surface area contributed by atoms with Crippen molar-refractivity contribution in [3.05, 3.63) is 226 Å². The molecule has 6 aromatic rings. The fraction of sp³-hybridized carbons (Fsp3) is 0.200. The Kier molecular flexibility index (Phi) is 21.2. The number of carbonyl (C=O) groups is 4. The number of phenolic OH excluding ortho intramolecular Hbond substituents is 2. The molecule has 0 aromatic heterocycles. The van der Waals surface area contributed by atoms with Gasteiger partial charge in [-0.15, -0.1) is 0 Å². The minimum atomic E-state index is -0.513. The summed E-state index contributed by atoms with van der Waals surface area (Å²) in [5, 5.41) is 19.7. The zero-order valence-corrected chi connectivity index (χ0v) is 42.0. The van der Waals surface area contributed by atoms with Crippen LogP contribution in [0.1, 0.15) is 97.2 Å². The van der Waals surface area contributed by atoms with E-state index < -0.39 is 23.9 Å². The molecule has 6 rings (SSSR count). The molecule has 0 spiro atoms. The molecule has 370 valence electrons. The molecule has 11 heteroatoms. The smallest absolute Gasteiger partial charge is 0.335 e. The first-order valence-electron chi connectivity index (χ1n) is 22.1. The summed E-state index contributed by atoms with van der Waals surface area (Å²) >= 11 is 3.53. The van der Waals surface area contributed by atoms with Crippen molar-refractivity contribution in [2.75, 3.05) is 6.26 Å². The van der Waals surface area contributed by atoms with Crippen LogP contribution in [0.5, 0.6) is 34.5 Å². The Morgan fingerprint density at radius 3 is 0.986 bits per heavy atom. The number of rotatable bonds is 14. The van der Waals surface area contributed by atoms with Crippen LogP contribution in [-0.2, 0) is 19.2 Å². The van der Waals surface area contributed by atoms with Crippen molar-refractivity contribution >= 4 is 36.5 Å². The first-order valence-corrected chi connectivity index (χ1v) is 23.0. The molecule has 0 fully saturated rings. The molecule has 10 nitrogen and oxygen atoms in total. The van der Waals surface area contributed by atoms with Gasteiger partial charge in [0.1, 0.15) is 34.5 Å². The minimum absolute atomic E-state index is 0. The van der Waals surface area contributed by atoms with Gasteiger partial charge in [-0.3, -0.25) is 0 Å². The first-order chi connectivity index (χ1) is 33.3. The Labute approximate surface area is 424 Å². The third-order valence-corrected chi connectivity index (χ3v) is 11.3. The molecular weight excluding hydrogens is 913 g/mol. The van der Waals surface area contributed by atoms with Crippen molar-refractivity contribution in [1.29, 1.82) is 0 Å². The summed E-state index contributed by atoms with van der Waals surface area (Å²) < 4.78 is 21.7. The standard InChI is InChI=1S/2C29H28O5.CH4S.CH4/c1-7-27(31)33-25-15-17(3)23(13-19(25)5)29(21-9-11-22(30)12-10-21)24-14-20(6)26(16-18(24)4)34-28(32)8-2;1-7-25(31)33-28-17(3)13-22(14-18(28)4)27(21-9-11-24(30)12-10-21)23-15-19(5)29(20(6)16-23)34-26(32)8-2;1-2;/h7-16,29-30H,1-2H2,3-6H3;7-16,27,30H,1-2H2,3-6H3;2H,1H3;1H4. The molecule has 0 aliphatic rings. The van der Waals surface area contributed by atoms with E-state index in [-0.39, 0.29) is 30.8 Å². The van der Waals surface area contributed by atoms with Crippen LogP contribution in [0.15, 0.2) is 148 Å². The van der Waals surface area contributed by atoms with Crippen LogP contribution in [-0.4, -0.2) is 40.3 Å². The predicted molar refractivity (Wildman–Crippen MR) is 287 cm³/mol. The lowest BCUT2D eigenvalue weighted by atomic mass is 9.80. The monoisotopic (exact) mass is 976 g/mol. The number of hydrogen-bond acceptors (Lipinski definition) is 11. The van der Waals surface area contributed by atoms with Gasteiger partial charge in [-0.1, -0.05) is 94.4 Å². The summed E-state index contributed by atoms with van der Waals surface area (Å²) in [7, 11) is 0. The molecule has 71 heavy (non-hydrogen) atoms. The maximum Gasteiger partial charge on any atom is 0.335 e. The van der Waals surface area contributed by atoms with E-state index in [1.165, 1.54) is 0 Å². The fourth-order valence-corrected chi connectivity index (χ4v) is 8.11. The molecule has 0 aliphatic heterocycles. The van der Waals surface area contributed by atoms with Crippen LogP contribution >= 0.6 is 12.6 Å². The summed E-state index contributed by atoms with van der Waals surface area (Å²) in [4.78, 5) is 47.0. The number of hydrogen-bond donors (Lipinski definition) is 3. The lowest BCUT2D eigenvalue weighted by Gasteiger charge is -2.25. The van der Waals surface area contributed by atoms with E-state index in [1.54, 1.807) is 30.5 Å². The molecule has 6 aromatic carbocycles. The molecule has 0 saturated heterocycles. The largest absolute Gasteiger partial charge is 0.508 e. The number of esters is 4. The maximum absolute atomic E-state index is 11.8. The topological polar surface area (TPSA) is 146 Å². The molecule has 0 heterocycles. The van der Waals surface area contributed by atoms with E-state index in [4.69, 9.17) is 18.9 Å². The highest BCUT2D eigenvalue weighted by Gasteiger charge is 2.25. The van der Waals surface area contributed by atoms with Gasteiger partial charge in [-0.25, -0.2) is 19.2 Å². The molecule has 0 amide bonds. The summed E-state index contributed by atoms with van der Waals surface area (Å²) in [6, 6.07) is 29.9. The van der Waals surface area contributed by atoms with Crippen LogP contribution in [0.25, 0.3) is 0 Å². The lowest BCUT2D eigenvalue weighted by molar-refractivity contribution is -0.129. The van der Waals surface area contributed by atoms with Crippen LogP contribution in [0.2, 0.25) is 0 Å².